The SMILES string of the molecule is Cc1nnsc1C(=O)OC1CN(c2nc3ccccc3s2)C1. The van der Waals surface area contributed by atoms with Gasteiger partial charge < -0.3 is 9.64 Å². The summed E-state index contributed by atoms with van der Waals surface area (Å²) in [5.41, 5.74) is 1.63. The van der Waals surface area contributed by atoms with Crippen LogP contribution in [0.15, 0.2) is 24.3 Å². The summed E-state index contributed by atoms with van der Waals surface area (Å²) in [4.78, 5) is 19.2. The number of ether oxygens (including phenoxy) is 1. The van der Waals surface area contributed by atoms with Gasteiger partial charge in [-0.2, -0.15) is 0 Å². The Kier molecular flexibility index (Phi) is 3.27. The number of rotatable bonds is 3. The maximum Gasteiger partial charge on any atom is 0.352 e. The van der Waals surface area contributed by atoms with Crippen LogP contribution in [0.25, 0.3) is 10.2 Å². The number of esters is 1. The van der Waals surface area contributed by atoms with E-state index in [1.807, 2.05) is 18.2 Å². The molecule has 8 heteroatoms. The monoisotopic (exact) mass is 332 g/mol. The first kappa shape index (κ1) is 13.6. The van der Waals surface area contributed by atoms with Crippen LogP contribution >= 0.6 is 22.9 Å². The van der Waals surface area contributed by atoms with Gasteiger partial charge in [-0.05, 0) is 30.6 Å². The van der Waals surface area contributed by atoms with Gasteiger partial charge in [-0.1, -0.05) is 28.0 Å². The fraction of sp³-hybridized carbons (Fsp3) is 0.286. The maximum absolute atomic E-state index is 12.0. The van der Waals surface area contributed by atoms with Crippen LogP contribution < -0.4 is 4.90 Å². The minimum atomic E-state index is -0.332. The van der Waals surface area contributed by atoms with Gasteiger partial charge in [0.2, 0.25) is 0 Å². The fourth-order valence-electron chi connectivity index (χ4n) is 2.29. The molecule has 1 aliphatic heterocycles. The third-order valence-corrected chi connectivity index (χ3v) is 5.42. The molecule has 2 aromatic heterocycles. The van der Waals surface area contributed by atoms with Crippen molar-refractivity contribution in [3.05, 3.63) is 34.8 Å². The van der Waals surface area contributed by atoms with Crippen molar-refractivity contribution in [1.29, 1.82) is 0 Å². The van der Waals surface area contributed by atoms with Crippen LogP contribution in [0.2, 0.25) is 0 Å². The van der Waals surface area contributed by atoms with E-state index in [0.29, 0.717) is 23.7 Å². The number of thiazole rings is 1. The first-order valence-electron chi connectivity index (χ1n) is 6.81. The lowest BCUT2D eigenvalue weighted by Gasteiger charge is -2.37. The quantitative estimate of drug-likeness (QED) is 0.687. The minimum Gasteiger partial charge on any atom is -0.454 e. The van der Waals surface area contributed by atoms with Crippen molar-refractivity contribution in [3.63, 3.8) is 0 Å². The van der Waals surface area contributed by atoms with Gasteiger partial charge in [0.05, 0.1) is 29.0 Å². The van der Waals surface area contributed by atoms with Gasteiger partial charge >= 0.3 is 5.97 Å². The summed E-state index contributed by atoms with van der Waals surface area (Å²) in [7, 11) is 0. The molecule has 0 bridgehead atoms. The molecule has 22 heavy (non-hydrogen) atoms. The van der Waals surface area contributed by atoms with Crippen LogP contribution in [0.3, 0.4) is 0 Å². The van der Waals surface area contributed by atoms with E-state index in [1.165, 1.54) is 4.70 Å². The van der Waals surface area contributed by atoms with Crippen LogP contribution in [0.1, 0.15) is 15.4 Å². The summed E-state index contributed by atoms with van der Waals surface area (Å²) in [6.07, 6.45) is -0.0963. The molecule has 0 radical (unpaired) electrons. The standard InChI is InChI=1S/C14H12N4O2S2/c1-8-12(22-17-16-8)13(19)20-9-6-18(7-9)14-15-10-4-2-3-5-11(10)21-14/h2-5,9H,6-7H2,1H3. The topological polar surface area (TPSA) is 68.2 Å². The van der Waals surface area contributed by atoms with Gasteiger partial charge in [-0.25, -0.2) is 9.78 Å². The number of hydrogen-bond donors (Lipinski definition) is 0. The number of benzene rings is 1. The maximum atomic E-state index is 12.0. The smallest absolute Gasteiger partial charge is 0.352 e. The molecular weight excluding hydrogens is 320 g/mol. The Morgan fingerprint density at radius 3 is 2.91 bits per heavy atom. The van der Waals surface area contributed by atoms with Crippen LogP contribution in [-0.2, 0) is 4.74 Å². The highest BCUT2D eigenvalue weighted by molar-refractivity contribution is 7.22. The Labute approximate surface area is 134 Å². The first-order valence-corrected chi connectivity index (χ1v) is 8.40. The van der Waals surface area contributed by atoms with Gasteiger partial charge in [0.1, 0.15) is 6.10 Å². The normalized spacial score (nSPS) is 15.0. The second-order valence-corrected chi connectivity index (χ2v) is 6.85. The highest BCUT2D eigenvalue weighted by Gasteiger charge is 2.33. The van der Waals surface area contributed by atoms with Gasteiger partial charge in [-0.15, -0.1) is 5.10 Å². The average molecular weight is 332 g/mol. The molecular formula is C14H12N4O2S2. The lowest BCUT2D eigenvalue weighted by molar-refractivity contribution is 0.0239. The van der Waals surface area contributed by atoms with E-state index in [0.717, 1.165) is 22.2 Å². The van der Waals surface area contributed by atoms with Crippen molar-refractivity contribution in [2.24, 2.45) is 0 Å². The summed E-state index contributed by atoms with van der Waals surface area (Å²) in [5, 5.41) is 4.80. The summed E-state index contributed by atoms with van der Waals surface area (Å²) < 4.78 is 10.4. The number of para-hydroxylation sites is 1. The Balaban J connectivity index is 1.39. The van der Waals surface area contributed by atoms with E-state index in [4.69, 9.17) is 4.74 Å². The molecule has 0 N–H and O–H groups in total. The molecule has 1 fully saturated rings. The summed E-state index contributed by atoms with van der Waals surface area (Å²) in [6.45, 7) is 3.11. The summed E-state index contributed by atoms with van der Waals surface area (Å²) >= 11 is 2.73. The Bertz CT molecular complexity index is 805. The zero-order valence-corrected chi connectivity index (χ0v) is 13.4. The van der Waals surface area contributed by atoms with E-state index in [9.17, 15) is 4.79 Å². The van der Waals surface area contributed by atoms with E-state index in [1.54, 1.807) is 18.3 Å². The minimum absolute atomic E-state index is 0.0963. The van der Waals surface area contributed by atoms with Crippen molar-refractivity contribution < 1.29 is 9.53 Å². The van der Waals surface area contributed by atoms with Crippen LogP contribution in [0.5, 0.6) is 0 Å². The number of nitrogens with zero attached hydrogens (tertiary/aromatic N) is 4. The molecule has 4 rings (SSSR count). The lowest BCUT2D eigenvalue weighted by atomic mass is 10.2. The van der Waals surface area contributed by atoms with E-state index >= 15 is 0 Å². The number of carbonyl (C=O) groups is 1. The Morgan fingerprint density at radius 2 is 2.18 bits per heavy atom. The molecule has 6 nitrogen and oxygen atoms in total. The van der Waals surface area contributed by atoms with E-state index in [2.05, 4.69) is 25.5 Å². The fourth-order valence-corrected chi connectivity index (χ4v) is 3.81. The average Bonchev–Trinajstić information content (AvgIpc) is 3.07. The largest absolute Gasteiger partial charge is 0.454 e. The molecule has 0 unspecified atom stereocenters. The van der Waals surface area contributed by atoms with Crippen molar-refractivity contribution >= 4 is 44.2 Å². The van der Waals surface area contributed by atoms with E-state index < -0.39 is 0 Å². The van der Waals surface area contributed by atoms with Crippen molar-refractivity contribution in [3.8, 4) is 0 Å². The van der Waals surface area contributed by atoms with Crippen LogP contribution in [-0.4, -0.2) is 39.7 Å². The molecule has 3 aromatic rings. The van der Waals surface area contributed by atoms with Crippen molar-refractivity contribution in [2.75, 3.05) is 18.0 Å². The van der Waals surface area contributed by atoms with E-state index in [-0.39, 0.29) is 12.1 Å². The third kappa shape index (κ3) is 2.34. The number of hydrogen-bond acceptors (Lipinski definition) is 8. The molecule has 1 saturated heterocycles. The zero-order valence-electron chi connectivity index (χ0n) is 11.7. The van der Waals surface area contributed by atoms with Gasteiger partial charge in [0.25, 0.3) is 0 Å². The second kappa shape index (κ2) is 5.29. The molecule has 112 valence electrons. The Morgan fingerprint density at radius 1 is 1.36 bits per heavy atom. The molecule has 3 heterocycles. The van der Waals surface area contributed by atoms with Crippen molar-refractivity contribution in [2.45, 2.75) is 13.0 Å². The third-order valence-electron chi connectivity index (χ3n) is 3.51. The zero-order chi connectivity index (χ0) is 15.1. The lowest BCUT2D eigenvalue weighted by Crippen LogP contribution is -2.53. The van der Waals surface area contributed by atoms with Crippen molar-refractivity contribution in [1.82, 2.24) is 14.6 Å². The molecule has 0 amide bonds. The highest BCUT2D eigenvalue weighted by Crippen LogP contribution is 2.32. The number of anilines is 1. The molecule has 0 atom stereocenters. The number of fused-ring (bicyclic) bond motifs is 1. The summed E-state index contributed by atoms with van der Waals surface area (Å²) in [6, 6.07) is 8.06. The van der Waals surface area contributed by atoms with Gasteiger partial charge in [0.15, 0.2) is 10.0 Å². The molecule has 0 saturated carbocycles. The molecule has 1 aliphatic rings. The highest BCUT2D eigenvalue weighted by atomic mass is 32.1. The number of aryl methyl sites for hydroxylation is 1. The Hall–Kier alpha value is -2.06. The number of aromatic nitrogens is 3. The molecule has 0 aliphatic carbocycles. The van der Waals surface area contributed by atoms with Crippen LogP contribution in [0, 0.1) is 6.92 Å². The van der Waals surface area contributed by atoms with Gasteiger partial charge in [0, 0.05) is 0 Å². The van der Waals surface area contributed by atoms with Crippen LogP contribution in [0.4, 0.5) is 5.13 Å². The number of carbonyl (C=O) groups excluding carboxylic acids is 1. The molecule has 0 spiro atoms. The predicted molar refractivity (Wildman–Crippen MR) is 85.7 cm³/mol. The van der Waals surface area contributed by atoms with Gasteiger partial charge in [-0.3, -0.25) is 0 Å². The second-order valence-electron chi connectivity index (χ2n) is 5.08. The molecule has 1 aromatic carbocycles. The summed E-state index contributed by atoms with van der Waals surface area (Å²) in [5.74, 6) is -0.332. The predicted octanol–water partition coefficient (Wildman–Crippen LogP) is 2.50. The first-order chi connectivity index (χ1) is 10.7.